The first-order valence-electron chi connectivity index (χ1n) is 10.8. The van der Waals surface area contributed by atoms with Crippen LogP contribution in [0.25, 0.3) is 21.5 Å². The van der Waals surface area contributed by atoms with Crippen molar-refractivity contribution < 1.29 is 23.9 Å². The van der Waals surface area contributed by atoms with Gasteiger partial charge in [0.2, 0.25) is 0 Å². The summed E-state index contributed by atoms with van der Waals surface area (Å²) in [5.74, 6) is -1.28. The standard InChI is InChI=1S/C27H31NO4/c1-18(2)28(19(3)4,25(27(30)32-6)16-26(29)31-5)17-24-22-13-9-7-11-20(22)15-21-12-8-10-14-23(21)24/h7-15,18-19H,17H2,1-6H3. The third-order valence-electron chi connectivity index (χ3n) is 6.35. The summed E-state index contributed by atoms with van der Waals surface area (Å²) in [5.41, 5.74) is 3.98. The Balaban J connectivity index is 2.42. The van der Waals surface area contributed by atoms with Crippen molar-refractivity contribution in [2.45, 2.75) is 46.3 Å². The van der Waals surface area contributed by atoms with Crippen molar-refractivity contribution in [3.8, 4) is 0 Å². The topological polar surface area (TPSA) is 58.6 Å². The highest BCUT2D eigenvalue weighted by Crippen LogP contribution is 2.37. The van der Waals surface area contributed by atoms with E-state index in [0.717, 1.165) is 27.1 Å². The lowest BCUT2D eigenvalue weighted by Crippen LogP contribution is -2.57. The number of nitrogens with zero attached hydrogens (tertiary/aromatic N) is 1. The first-order valence-corrected chi connectivity index (χ1v) is 10.8. The number of benzene rings is 3. The number of methoxy groups -OCH3 is 2. The van der Waals surface area contributed by atoms with Gasteiger partial charge in [0, 0.05) is 5.56 Å². The molecular formula is C27H31NO4. The van der Waals surface area contributed by atoms with E-state index in [1.54, 1.807) is 0 Å². The molecule has 0 aliphatic rings. The predicted octanol–water partition coefficient (Wildman–Crippen LogP) is 4.63. The van der Waals surface area contributed by atoms with Crippen molar-refractivity contribution in [1.29, 1.82) is 0 Å². The molecule has 0 N–H and O–H groups in total. The number of carbonyl (C=O) groups is 1. The maximum Gasteiger partial charge on any atom is 0.401 e. The van der Waals surface area contributed by atoms with Gasteiger partial charge in [0.05, 0.1) is 19.2 Å². The highest BCUT2D eigenvalue weighted by Gasteiger charge is 2.44. The lowest BCUT2D eigenvalue weighted by molar-refractivity contribution is -0.941. The minimum absolute atomic E-state index is 0.0426. The maximum absolute atomic E-state index is 13.0. The fourth-order valence-electron chi connectivity index (χ4n) is 4.67. The van der Waals surface area contributed by atoms with Crippen LogP contribution in [0.5, 0.6) is 0 Å². The highest BCUT2D eigenvalue weighted by atomic mass is 16.6. The Kier molecular flexibility index (Phi) is 6.93. The average Bonchev–Trinajstić information content (AvgIpc) is 2.79. The SMILES string of the molecule is COC(=O)C(=C=C([O-])OC)[N+](Cc1c2ccccc2cc2ccccc12)(C(C)C)C(C)C. The second kappa shape index (κ2) is 9.47. The Morgan fingerprint density at radius 3 is 1.84 bits per heavy atom. The molecule has 0 bridgehead atoms. The van der Waals surface area contributed by atoms with E-state index in [9.17, 15) is 9.90 Å². The van der Waals surface area contributed by atoms with Gasteiger partial charge in [-0.25, -0.2) is 4.79 Å². The molecule has 0 saturated carbocycles. The van der Waals surface area contributed by atoms with E-state index >= 15 is 0 Å². The number of hydrogen-bond acceptors (Lipinski definition) is 4. The summed E-state index contributed by atoms with van der Waals surface area (Å²) in [7, 11) is 2.60. The molecule has 5 heteroatoms. The van der Waals surface area contributed by atoms with Crippen LogP contribution >= 0.6 is 0 Å². The number of esters is 1. The summed E-state index contributed by atoms with van der Waals surface area (Å²) in [6, 6.07) is 18.6. The summed E-state index contributed by atoms with van der Waals surface area (Å²) in [6.45, 7) is 8.69. The molecule has 0 heterocycles. The number of carbonyl (C=O) groups excluding carboxylic acids is 1. The molecule has 3 aromatic carbocycles. The number of rotatable bonds is 7. The van der Waals surface area contributed by atoms with Crippen LogP contribution in [-0.4, -0.2) is 36.8 Å². The van der Waals surface area contributed by atoms with Crippen molar-refractivity contribution in [1.82, 2.24) is 0 Å². The summed E-state index contributed by atoms with van der Waals surface area (Å²) >= 11 is 0. The number of hydrogen-bond donors (Lipinski definition) is 0. The van der Waals surface area contributed by atoms with Crippen LogP contribution in [0.15, 0.2) is 72.0 Å². The molecular weight excluding hydrogens is 402 g/mol. The van der Waals surface area contributed by atoms with Gasteiger partial charge in [-0.1, -0.05) is 48.5 Å². The van der Waals surface area contributed by atoms with Crippen molar-refractivity contribution in [3.05, 3.63) is 77.5 Å². The fraction of sp³-hybridized carbons (Fsp3) is 0.333. The zero-order chi connectivity index (χ0) is 23.5. The molecule has 168 valence electrons. The maximum atomic E-state index is 13.0. The summed E-state index contributed by atoms with van der Waals surface area (Å²) in [6.07, 6.45) is 0. The van der Waals surface area contributed by atoms with Crippen molar-refractivity contribution in [2.24, 2.45) is 0 Å². The molecule has 5 nitrogen and oxygen atoms in total. The Labute approximate surface area is 189 Å². The average molecular weight is 434 g/mol. The van der Waals surface area contributed by atoms with Gasteiger partial charge in [-0.2, -0.15) is 0 Å². The molecule has 32 heavy (non-hydrogen) atoms. The van der Waals surface area contributed by atoms with Gasteiger partial charge in [-0.3, -0.25) is 4.48 Å². The zero-order valence-electron chi connectivity index (χ0n) is 19.6. The van der Waals surface area contributed by atoms with Crippen molar-refractivity contribution >= 4 is 27.5 Å². The van der Waals surface area contributed by atoms with E-state index in [1.807, 2.05) is 24.3 Å². The van der Waals surface area contributed by atoms with E-state index in [-0.39, 0.29) is 22.3 Å². The molecule has 0 aromatic heterocycles. The molecule has 3 rings (SSSR count). The van der Waals surface area contributed by atoms with Gasteiger partial charge in [0.15, 0.2) is 0 Å². The molecule has 0 unspecified atom stereocenters. The van der Waals surface area contributed by atoms with Crippen molar-refractivity contribution in [2.75, 3.05) is 14.2 Å². The van der Waals surface area contributed by atoms with Crippen LogP contribution < -0.4 is 5.11 Å². The van der Waals surface area contributed by atoms with Gasteiger partial charge in [0.1, 0.15) is 12.5 Å². The number of ether oxygens (including phenoxy) is 2. The lowest BCUT2D eigenvalue weighted by atomic mass is 9.94. The molecule has 0 radical (unpaired) electrons. The van der Waals surface area contributed by atoms with Gasteiger partial charge < -0.3 is 14.6 Å². The Morgan fingerprint density at radius 2 is 1.41 bits per heavy atom. The first-order chi connectivity index (χ1) is 15.3. The van der Waals surface area contributed by atoms with E-state index in [4.69, 9.17) is 9.47 Å². The Bertz CT molecular complexity index is 1140. The fourth-order valence-corrected chi connectivity index (χ4v) is 4.67. The Morgan fingerprint density at radius 1 is 0.906 bits per heavy atom. The van der Waals surface area contributed by atoms with Gasteiger partial charge in [-0.05, 0) is 68.1 Å². The van der Waals surface area contributed by atoms with Gasteiger partial charge in [0.25, 0.3) is 5.70 Å². The van der Waals surface area contributed by atoms with Gasteiger partial charge >= 0.3 is 5.97 Å². The Hall–Kier alpha value is -3.27. The monoisotopic (exact) mass is 433 g/mol. The minimum Gasteiger partial charge on any atom is -0.611 e. The first kappa shape index (κ1) is 23.4. The second-order valence-corrected chi connectivity index (χ2v) is 8.53. The van der Waals surface area contributed by atoms with Crippen LogP contribution in [0.3, 0.4) is 0 Å². The quantitative estimate of drug-likeness (QED) is 0.136. The van der Waals surface area contributed by atoms with E-state index in [2.05, 4.69) is 63.8 Å². The summed E-state index contributed by atoms with van der Waals surface area (Å²) < 4.78 is 10.1. The molecule has 0 fully saturated rings. The van der Waals surface area contributed by atoms with Crippen LogP contribution in [-0.2, 0) is 20.8 Å². The highest BCUT2D eigenvalue weighted by molar-refractivity contribution is 6.02. The van der Waals surface area contributed by atoms with Gasteiger partial charge in [-0.15, -0.1) is 0 Å². The summed E-state index contributed by atoms with van der Waals surface area (Å²) in [5, 5.41) is 16.7. The number of fused-ring (bicyclic) bond motifs is 2. The molecule has 0 aliphatic heterocycles. The molecule has 0 aliphatic carbocycles. The molecule has 0 amide bonds. The van der Waals surface area contributed by atoms with Crippen LogP contribution in [0, 0.1) is 0 Å². The van der Waals surface area contributed by atoms with Crippen molar-refractivity contribution in [3.63, 3.8) is 0 Å². The van der Waals surface area contributed by atoms with Crippen LogP contribution in [0.4, 0.5) is 0 Å². The molecule has 0 saturated heterocycles. The predicted molar refractivity (Wildman–Crippen MR) is 125 cm³/mol. The third-order valence-corrected chi connectivity index (χ3v) is 6.35. The number of quaternary nitrogens is 1. The third kappa shape index (κ3) is 4.10. The van der Waals surface area contributed by atoms with Crippen LogP contribution in [0.2, 0.25) is 0 Å². The van der Waals surface area contributed by atoms with Crippen LogP contribution in [0.1, 0.15) is 33.3 Å². The van der Waals surface area contributed by atoms with E-state index in [1.165, 1.54) is 14.2 Å². The zero-order valence-corrected chi connectivity index (χ0v) is 19.6. The minimum atomic E-state index is -0.697. The summed E-state index contributed by atoms with van der Waals surface area (Å²) in [4.78, 5) is 13.0. The largest absolute Gasteiger partial charge is 0.611 e. The molecule has 3 aromatic rings. The second-order valence-electron chi connectivity index (χ2n) is 8.53. The van der Waals surface area contributed by atoms with E-state index in [0.29, 0.717) is 6.54 Å². The molecule has 0 atom stereocenters. The normalized spacial score (nSPS) is 11.6. The lowest BCUT2D eigenvalue weighted by Gasteiger charge is -2.45. The van der Waals surface area contributed by atoms with E-state index < -0.39 is 11.9 Å². The molecule has 0 spiro atoms. The smallest absolute Gasteiger partial charge is 0.401 e.